The Kier molecular flexibility index (Phi) is 4.02. The average Bonchev–Trinajstić information content (AvgIpc) is 3.27. The van der Waals surface area contributed by atoms with Crippen molar-refractivity contribution in [3.8, 4) is 17.9 Å². The van der Waals surface area contributed by atoms with Crippen molar-refractivity contribution in [3.63, 3.8) is 0 Å². The first kappa shape index (κ1) is 15.1. The SMILES string of the molecule is CCOC(=O)c1ccccc1C#C[C@](C)(O)C1(C#N)CC1. The second kappa shape index (κ2) is 5.60. The smallest absolute Gasteiger partial charge is 0.339 e. The van der Waals surface area contributed by atoms with E-state index in [1.54, 1.807) is 38.1 Å². The van der Waals surface area contributed by atoms with Crippen molar-refractivity contribution in [2.24, 2.45) is 5.41 Å². The molecule has 1 aliphatic carbocycles. The highest BCUT2D eigenvalue weighted by atomic mass is 16.5. The molecule has 0 aliphatic heterocycles. The van der Waals surface area contributed by atoms with E-state index in [0.717, 1.165) is 0 Å². The Labute approximate surface area is 124 Å². The summed E-state index contributed by atoms with van der Waals surface area (Å²) in [6.45, 7) is 3.57. The lowest BCUT2D eigenvalue weighted by Crippen LogP contribution is -2.33. The minimum Gasteiger partial charge on any atom is -0.462 e. The maximum Gasteiger partial charge on any atom is 0.339 e. The molecule has 1 fully saturated rings. The van der Waals surface area contributed by atoms with Crippen LogP contribution in [0.15, 0.2) is 24.3 Å². The number of carbonyl (C=O) groups excluding carboxylic acids is 1. The van der Waals surface area contributed by atoms with Gasteiger partial charge in [0.2, 0.25) is 0 Å². The van der Waals surface area contributed by atoms with Crippen molar-refractivity contribution in [2.75, 3.05) is 6.61 Å². The Morgan fingerprint density at radius 2 is 2.14 bits per heavy atom. The zero-order valence-corrected chi connectivity index (χ0v) is 12.1. The van der Waals surface area contributed by atoms with Gasteiger partial charge in [0.1, 0.15) is 5.60 Å². The molecule has 0 amide bonds. The molecule has 1 saturated carbocycles. The monoisotopic (exact) mass is 283 g/mol. The third-order valence-electron chi connectivity index (χ3n) is 3.76. The van der Waals surface area contributed by atoms with Crippen molar-refractivity contribution in [3.05, 3.63) is 35.4 Å². The summed E-state index contributed by atoms with van der Waals surface area (Å²) in [4.78, 5) is 11.9. The largest absolute Gasteiger partial charge is 0.462 e. The third kappa shape index (κ3) is 2.91. The van der Waals surface area contributed by atoms with Gasteiger partial charge in [-0.1, -0.05) is 24.0 Å². The van der Waals surface area contributed by atoms with E-state index in [-0.39, 0.29) is 6.61 Å². The van der Waals surface area contributed by atoms with E-state index in [1.165, 1.54) is 0 Å². The van der Waals surface area contributed by atoms with Gasteiger partial charge in [-0.3, -0.25) is 0 Å². The molecule has 0 unspecified atom stereocenters. The summed E-state index contributed by atoms with van der Waals surface area (Å²) in [5.41, 5.74) is -1.31. The van der Waals surface area contributed by atoms with Gasteiger partial charge in [-0.15, -0.1) is 0 Å². The molecule has 21 heavy (non-hydrogen) atoms. The van der Waals surface area contributed by atoms with Gasteiger partial charge in [-0.25, -0.2) is 4.79 Å². The molecular formula is C17H17NO3. The van der Waals surface area contributed by atoms with Crippen LogP contribution in [0.25, 0.3) is 0 Å². The predicted molar refractivity (Wildman–Crippen MR) is 77.2 cm³/mol. The lowest BCUT2D eigenvalue weighted by molar-refractivity contribution is 0.0525. The van der Waals surface area contributed by atoms with Crippen LogP contribution in [-0.2, 0) is 4.74 Å². The summed E-state index contributed by atoms with van der Waals surface area (Å²) in [6, 6.07) is 8.96. The maximum atomic E-state index is 11.9. The third-order valence-corrected chi connectivity index (χ3v) is 3.76. The van der Waals surface area contributed by atoms with E-state index < -0.39 is 17.0 Å². The molecule has 2 rings (SSSR count). The first-order valence-corrected chi connectivity index (χ1v) is 6.89. The number of benzene rings is 1. The Bertz CT molecular complexity index is 655. The van der Waals surface area contributed by atoms with Crippen LogP contribution in [0, 0.1) is 28.6 Å². The number of carbonyl (C=O) groups is 1. The molecule has 1 atom stereocenters. The van der Waals surface area contributed by atoms with Gasteiger partial charge in [0.25, 0.3) is 0 Å². The van der Waals surface area contributed by atoms with Crippen molar-refractivity contribution in [1.82, 2.24) is 0 Å². The highest BCUT2D eigenvalue weighted by Gasteiger charge is 2.56. The molecule has 0 heterocycles. The topological polar surface area (TPSA) is 70.3 Å². The average molecular weight is 283 g/mol. The van der Waals surface area contributed by atoms with Gasteiger partial charge < -0.3 is 9.84 Å². The fraction of sp³-hybridized carbons (Fsp3) is 0.412. The standard InChI is InChI=1S/C17H17NO3/c1-3-21-15(19)14-7-5-4-6-13(14)8-9-16(2,20)17(12-18)10-11-17/h4-7,20H,3,10-11H2,1-2H3/t16-/m0/s1. The van der Waals surface area contributed by atoms with Gasteiger partial charge in [-0.05, 0) is 38.8 Å². The number of nitrogens with zero attached hydrogens (tertiary/aromatic N) is 1. The number of hydrogen-bond acceptors (Lipinski definition) is 4. The lowest BCUT2D eigenvalue weighted by atomic mass is 9.87. The Morgan fingerprint density at radius 1 is 1.48 bits per heavy atom. The van der Waals surface area contributed by atoms with E-state index in [1.807, 2.05) is 0 Å². The van der Waals surface area contributed by atoms with Crippen LogP contribution < -0.4 is 0 Å². The summed E-state index contributed by atoms with van der Waals surface area (Å²) >= 11 is 0. The fourth-order valence-corrected chi connectivity index (χ4v) is 2.12. The molecule has 0 bridgehead atoms. The number of hydrogen-bond donors (Lipinski definition) is 1. The van der Waals surface area contributed by atoms with E-state index >= 15 is 0 Å². The van der Waals surface area contributed by atoms with Gasteiger partial charge in [0, 0.05) is 5.56 Å². The Morgan fingerprint density at radius 3 is 2.71 bits per heavy atom. The number of esters is 1. The number of nitriles is 1. The highest BCUT2D eigenvalue weighted by molar-refractivity contribution is 5.92. The van der Waals surface area contributed by atoms with Crippen LogP contribution in [0.3, 0.4) is 0 Å². The summed E-state index contributed by atoms with van der Waals surface area (Å²) in [6.07, 6.45) is 1.29. The van der Waals surface area contributed by atoms with Crippen LogP contribution in [0.1, 0.15) is 42.6 Å². The van der Waals surface area contributed by atoms with Crippen LogP contribution in [-0.4, -0.2) is 23.3 Å². The molecule has 0 spiro atoms. The zero-order chi connectivity index (χ0) is 15.5. The number of ether oxygens (including phenoxy) is 1. The predicted octanol–water partition coefficient (Wildman–Crippen LogP) is 2.27. The van der Waals surface area contributed by atoms with Crippen molar-refractivity contribution >= 4 is 5.97 Å². The van der Waals surface area contributed by atoms with Gasteiger partial charge in [-0.2, -0.15) is 5.26 Å². The first-order chi connectivity index (χ1) is 9.96. The molecule has 0 aromatic heterocycles. The summed E-state index contributed by atoms with van der Waals surface area (Å²) in [5, 5.41) is 19.5. The molecule has 0 radical (unpaired) electrons. The lowest BCUT2D eigenvalue weighted by Gasteiger charge is -2.21. The number of aliphatic hydroxyl groups is 1. The molecular weight excluding hydrogens is 266 g/mol. The molecule has 1 aliphatic rings. The van der Waals surface area contributed by atoms with Crippen LogP contribution in [0.2, 0.25) is 0 Å². The zero-order valence-electron chi connectivity index (χ0n) is 12.1. The van der Waals surface area contributed by atoms with E-state index in [4.69, 9.17) is 10.00 Å². The van der Waals surface area contributed by atoms with Crippen molar-refractivity contribution in [2.45, 2.75) is 32.3 Å². The minimum atomic E-state index is -1.39. The molecule has 4 nitrogen and oxygen atoms in total. The quantitative estimate of drug-likeness (QED) is 0.682. The van der Waals surface area contributed by atoms with Crippen molar-refractivity contribution in [1.29, 1.82) is 5.26 Å². The second-order valence-corrected chi connectivity index (χ2v) is 5.28. The maximum absolute atomic E-state index is 11.9. The summed E-state index contributed by atoms with van der Waals surface area (Å²) in [7, 11) is 0. The van der Waals surface area contributed by atoms with Crippen LogP contribution in [0.4, 0.5) is 0 Å². The Balaban J connectivity index is 2.32. The fourth-order valence-electron chi connectivity index (χ4n) is 2.12. The Hall–Kier alpha value is -2.30. The van der Waals surface area contributed by atoms with Gasteiger partial charge in [0.05, 0.1) is 23.7 Å². The minimum absolute atomic E-state index is 0.288. The van der Waals surface area contributed by atoms with Crippen LogP contribution in [0.5, 0.6) is 0 Å². The number of rotatable bonds is 3. The van der Waals surface area contributed by atoms with E-state index in [2.05, 4.69) is 17.9 Å². The molecule has 1 N–H and O–H groups in total. The molecule has 1 aromatic carbocycles. The molecule has 108 valence electrons. The van der Waals surface area contributed by atoms with E-state index in [9.17, 15) is 9.90 Å². The van der Waals surface area contributed by atoms with Crippen LogP contribution >= 0.6 is 0 Å². The van der Waals surface area contributed by atoms with Crippen molar-refractivity contribution < 1.29 is 14.6 Å². The molecule has 1 aromatic rings. The molecule has 4 heteroatoms. The molecule has 0 saturated heterocycles. The highest BCUT2D eigenvalue weighted by Crippen LogP contribution is 2.53. The normalized spacial score (nSPS) is 17.6. The first-order valence-electron chi connectivity index (χ1n) is 6.89. The second-order valence-electron chi connectivity index (χ2n) is 5.28. The van der Waals surface area contributed by atoms with Gasteiger partial charge >= 0.3 is 5.97 Å². The van der Waals surface area contributed by atoms with E-state index in [0.29, 0.717) is 24.0 Å². The summed E-state index contributed by atoms with van der Waals surface area (Å²) in [5.74, 6) is 5.12. The van der Waals surface area contributed by atoms with Gasteiger partial charge in [0.15, 0.2) is 0 Å². The summed E-state index contributed by atoms with van der Waals surface area (Å²) < 4.78 is 4.98.